The zero-order valence-corrected chi connectivity index (χ0v) is 27.1. The number of rotatable bonds is 7. The van der Waals surface area contributed by atoms with Crippen LogP contribution < -0.4 is 5.32 Å². The molecule has 3 aromatic rings. The van der Waals surface area contributed by atoms with Crippen molar-refractivity contribution in [3.63, 3.8) is 0 Å². The molecule has 3 unspecified atom stereocenters. The number of fused-ring (bicyclic) bond motifs is 6. The third-order valence-electron chi connectivity index (χ3n) is 9.06. The first-order valence-corrected chi connectivity index (χ1v) is 15.7. The van der Waals surface area contributed by atoms with E-state index < -0.39 is 5.54 Å². The monoisotopic (exact) mass is 558 g/mol. The van der Waals surface area contributed by atoms with Gasteiger partial charge in [-0.25, -0.2) is 0 Å². The molecule has 42 heavy (non-hydrogen) atoms. The Kier molecular flexibility index (Phi) is 10.2. The van der Waals surface area contributed by atoms with E-state index in [2.05, 4.69) is 140 Å². The molecule has 0 saturated heterocycles. The van der Waals surface area contributed by atoms with Gasteiger partial charge in [-0.15, -0.1) is 0 Å². The largest absolute Gasteiger partial charge is 0.303 e. The lowest BCUT2D eigenvalue weighted by Gasteiger charge is -2.37. The lowest BCUT2D eigenvalue weighted by atomic mass is 9.74. The average Bonchev–Trinajstić information content (AvgIpc) is 2.99. The van der Waals surface area contributed by atoms with Gasteiger partial charge in [0, 0.05) is 12.4 Å². The quantitative estimate of drug-likeness (QED) is 0.287. The zero-order chi connectivity index (χ0) is 30.4. The first kappa shape index (κ1) is 31.4. The minimum absolute atomic E-state index is 0.387. The third kappa shape index (κ3) is 6.60. The van der Waals surface area contributed by atoms with Crippen molar-refractivity contribution in [2.75, 3.05) is 7.05 Å². The Labute approximate surface area is 255 Å². The van der Waals surface area contributed by atoms with E-state index in [4.69, 9.17) is 4.99 Å². The van der Waals surface area contributed by atoms with E-state index >= 15 is 0 Å². The lowest BCUT2D eigenvalue weighted by molar-refractivity contribution is 0.510. The van der Waals surface area contributed by atoms with Gasteiger partial charge in [-0.05, 0) is 113 Å². The van der Waals surface area contributed by atoms with E-state index in [1.807, 2.05) is 12.4 Å². The van der Waals surface area contributed by atoms with Crippen LogP contribution in [0.4, 0.5) is 0 Å². The van der Waals surface area contributed by atoms with E-state index in [1.165, 1.54) is 44.5 Å². The molecule has 1 aliphatic carbocycles. The van der Waals surface area contributed by atoms with Gasteiger partial charge in [0.1, 0.15) is 0 Å². The Hall–Kier alpha value is -3.49. The van der Waals surface area contributed by atoms with Crippen molar-refractivity contribution in [2.45, 2.75) is 79.2 Å². The Morgan fingerprint density at radius 3 is 2.52 bits per heavy atom. The van der Waals surface area contributed by atoms with Crippen molar-refractivity contribution < 1.29 is 0 Å². The molecule has 0 radical (unpaired) electrons. The molecule has 1 N–H and O–H groups in total. The molecule has 0 aliphatic heterocycles. The van der Waals surface area contributed by atoms with Gasteiger partial charge in [-0.3, -0.25) is 4.99 Å². The average molecular weight is 559 g/mol. The third-order valence-corrected chi connectivity index (χ3v) is 9.06. The van der Waals surface area contributed by atoms with Gasteiger partial charge in [-0.1, -0.05) is 114 Å². The molecule has 0 aromatic heterocycles. The van der Waals surface area contributed by atoms with Crippen LogP contribution in [0.2, 0.25) is 0 Å². The van der Waals surface area contributed by atoms with Crippen LogP contribution in [0.25, 0.3) is 11.6 Å². The molecular formula is C40H50N2. The van der Waals surface area contributed by atoms with Crippen LogP contribution in [-0.2, 0) is 12.0 Å². The van der Waals surface area contributed by atoms with Crippen molar-refractivity contribution in [1.82, 2.24) is 5.32 Å². The van der Waals surface area contributed by atoms with Crippen LogP contribution in [0.5, 0.6) is 0 Å². The fraction of sp³-hybridized carbons (Fsp3) is 0.375. The lowest BCUT2D eigenvalue weighted by Crippen LogP contribution is -2.42. The van der Waals surface area contributed by atoms with Gasteiger partial charge in [0.2, 0.25) is 0 Å². The van der Waals surface area contributed by atoms with Crippen molar-refractivity contribution in [3.05, 3.63) is 130 Å². The smallest absolute Gasteiger partial charge is 0.0920 e. The van der Waals surface area contributed by atoms with Crippen molar-refractivity contribution in [1.29, 1.82) is 0 Å². The summed E-state index contributed by atoms with van der Waals surface area (Å²) in [5.41, 5.74) is 11.7. The summed E-state index contributed by atoms with van der Waals surface area (Å²) in [5, 5.41) is 3.80. The second-order valence-electron chi connectivity index (χ2n) is 12.6. The molecule has 4 rings (SSSR count). The van der Waals surface area contributed by atoms with E-state index in [0.29, 0.717) is 17.8 Å². The van der Waals surface area contributed by atoms with Crippen LogP contribution in [0.1, 0.15) is 105 Å². The van der Waals surface area contributed by atoms with Crippen LogP contribution in [-0.4, -0.2) is 13.3 Å². The first-order valence-electron chi connectivity index (χ1n) is 15.7. The summed E-state index contributed by atoms with van der Waals surface area (Å²) >= 11 is 0. The van der Waals surface area contributed by atoms with Gasteiger partial charge in [0.25, 0.3) is 0 Å². The molecule has 0 saturated carbocycles. The summed E-state index contributed by atoms with van der Waals surface area (Å²) in [5.74, 6) is 1.33. The summed E-state index contributed by atoms with van der Waals surface area (Å²) in [4.78, 5) is 4.76. The second kappa shape index (κ2) is 13.7. The summed E-state index contributed by atoms with van der Waals surface area (Å²) in [7, 11) is 2.07. The van der Waals surface area contributed by atoms with Gasteiger partial charge in [0.05, 0.1) is 5.54 Å². The second-order valence-corrected chi connectivity index (χ2v) is 12.6. The number of allylic oxidation sites excluding steroid dienone is 1. The minimum atomic E-state index is -0.559. The Bertz CT molecular complexity index is 1500. The minimum Gasteiger partial charge on any atom is -0.303 e. The fourth-order valence-corrected chi connectivity index (χ4v) is 6.15. The number of aliphatic imine (C=N–C) groups is 1. The summed E-state index contributed by atoms with van der Waals surface area (Å²) in [6.07, 6.45) is 11.9. The molecule has 6 bridgehead atoms. The molecule has 2 heteroatoms. The highest BCUT2D eigenvalue weighted by molar-refractivity contribution is 5.84. The predicted molar refractivity (Wildman–Crippen MR) is 184 cm³/mol. The summed E-state index contributed by atoms with van der Waals surface area (Å²) in [6.45, 7) is 20.3. The summed E-state index contributed by atoms with van der Waals surface area (Å²) in [6, 6.07) is 23.0. The molecule has 220 valence electrons. The standard InChI is InChI=1S/C40H50N2/c1-10-28(4)14-18-34-19-21-37-24-39(34)32(8)35-13-11-12-33(22-35)17-15-29(5)38-23-36(20-16-30(38)6)40(37,41-9)31(7)26-42-25-27(2)3/h11-14,16,18-29,41H,8,10,15,17H2,1-7,9H3/b18-14-,31-26+,42-25?. The maximum Gasteiger partial charge on any atom is 0.0920 e. The van der Waals surface area contributed by atoms with Crippen molar-refractivity contribution in [2.24, 2.45) is 16.8 Å². The van der Waals surface area contributed by atoms with E-state index in [-0.39, 0.29) is 0 Å². The van der Waals surface area contributed by atoms with E-state index in [9.17, 15) is 0 Å². The maximum absolute atomic E-state index is 4.76. The first-order chi connectivity index (χ1) is 20.1. The SMILES string of the molecule is C=C1c2cccc(c2)CCC(C)c2cc(ccc2C)C(NC)(/C(C)=C/N=CC(C)C)c2ccc(/C=C\C(C)CC)c1c2. The Balaban J connectivity index is 2.07. The van der Waals surface area contributed by atoms with Crippen LogP contribution in [0, 0.1) is 18.8 Å². The summed E-state index contributed by atoms with van der Waals surface area (Å²) < 4.78 is 0. The number of likely N-dealkylation sites (N-methyl/N-ethyl adjacent to an activating group) is 1. The zero-order valence-electron chi connectivity index (χ0n) is 27.1. The van der Waals surface area contributed by atoms with E-state index in [1.54, 1.807) is 0 Å². The number of hydrogen-bond donors (Lipinski definition) is 1. The van der Waals surface area contributed by atoms with Crippen LogP contribution in [0.3, 0.4) is 0 Å². The molecule has 0 fully saturated rings. The van der Waals surface area contributed by atoms with Gasteiger partial charge in [-0.2, -0.15) is 0 Å². The Morgan fingerprint density at radius 1 is 1.07 bits per heavy atom. The van der Waals surface area contributed by atoms with Crippen LogP contribution in [0.15, 0.2) is 90.1 Å². The number of benzene rings is 3. The fourth-order valence-electron chi connectivity index (χ4n) is 6.15. The number of aryl methyl sites for hydroxylation is 2. The van der Waals surface area contributed by atoms with Crippen molar-refractivity contribution in [3.8, 4) is 0 Å². The number of nitrogens with zero attached hydrogens (tertiary/aromatic N) is 1. The highest BCUT2D eigenvalue weighted by Crippen LogP contribution is 2.41. The molecule has 0 heterocycles. The maximum atomic E-state index is 4.76. The van der Waals surface area contributed by atoms with E-state index in [0.717, 1.165) is 30.4 Å². The normalized spacial score (nSPS) is 20.4. The Morgan fingerprint density at radius 2 is 1.81 bits per heavy atom. The van der Waals surface area contributed by atoms with Gasteiger partial charge < -0.3 is 5.32 Å². The number of hydrogen-bond acceptors (Lipinski definition) is 2. The molecule has 3 atom stereocenters. The predicted octanol–water partition coefficient (Wildman–Crippen LogP) is 10.3. The topological polar surface area (TPSA) is 24.4 Å². The van der Waals surface area contributed by atoms with Gasteiger partial charge in [0.15, 0.2) is 0 Å². The molecule has 1 aliphatic rings. The highest BCUT2D eigenvalue weighted by Gasteiger charge is 2.36. The molecule has 3 aromatic carbocycles. The molecule has 0 amide bonds. The molecule has 2 nitrogen and oxygen atoms in total. The van der Waals surface area contributed by atoms with Crippen LogP contribution >= 0.6 is 0 Å². The van der Waals surface area contributed by atoms with Gasteiger partial charge >= 0.3 is 0 Å². The molecule has 0 spiro atoms. The van der Waals surface area contributed by atoms with Crippen molar-refractivity contribution >= 4 is 17.9 Å². The molecular weight excluding hydrogens is 508 g/mol. The number of nitrogens with one attached hydrogen (secondary N) is 1. The highest BCUT2D eigenvalue weighted by atomic mass is 15.0.